The van der Waals surface area contributed by atoms with Crippen LogP contribution in [0.2, 0.25) is 0 Å². The molecule has 3 aliphatic heterocycles. The summed E-state index contributed by atoms with van der Waals surface area (Å²) in [6.07, 6.45) is 5.94. The maximum Gasteiger partial charge on any atom is 0.324 e. The summed E-state index contributed by atoms with van der Waals surface area (Å²) < 4.78 is 38.9. The predicted octanol–water partition coefficient (Wildman–Crippen LogP) is 3.48. The SMILES string of the molecule is CCn1c(-c2cnccc2COC)c2c3cc(ccc31)-c1cc(O)cc(c1)C[C@H](NC(=O)[C@H](C(C)C)N(C)C(=O)CN(C)C(=O)C1CN1S(C)(=O)=O)C(=O)N1CCC[C@H](N1)C(=O)OCC(C)(C)C2. The second-order valence-corrected chi connectivity index (χ2v) is 21.4. The number of fused-ring (bicyclic) bond motifs is 6. The third-order valence-electron chi connectivity index (χ3n) is 13.1. The van der Waals surface area contributed by atoms with Gasteiger partial charge in [-0.15, -0.1) is 0 Å². The molecule has 19 heteroatoms. The van der Waals surface area contributed by atoms with Crippen molar-refractivity contribution in [2.75, 3.05) is 53.7 Å². The van der Waals surface area contributed by atoms with Crippen LogP contribution in [0.5, 0.6) is 5.75 Å². The highest BCUT2D eigenvalue weighted by Gasteiger charge is 2.48. The number of ether oxygens (including phenoxy) is 2. The Morgan fingerprint density at radius 1 is 1.09 bits per heavy atom. The van der Waals surface area contributed by atoms with Crippen LogP contribution in [0.1, 0.15) is 64.2 Å². The minimum absolute atomic E-state index is 0.0263. The van der Waals surface area contributed by atoms with Crippen LogP contribution in [0.3, 0.4) is 0 Å². The molecule has 2 unspecified atom stereocenters. The van der Waals surface area contributed by atoms with Gasteiger partial charge in [0.2, 0.25) is 27.7 Å². The summed E-state index contributed by atoms with van der Waals surface area (Å²) in [6, 6.07) is 9.10. The van der Waals surface area contributed by atoms with Crippen molar-refractivity contribution >= 4 is 50.5 Å². The lowest BCUT2D eigenvalue weighted by atomic mass is 9.84. The highest BCUT2D eigenvalue weighted by Crippen LogP contribution is 2.41. The van der Waals surface area contributed by atoms with Gasteiger partial charge in [0.15, 0.2) is 0 Å². The number of cyclic esters (lactones) is 1. The Kier molecular flexibility index (Phi) is 14.7. The molecule has 7 rings (SSSR count). The van der Waals surface area contributed by atoms with Gasteiger partial charge in [-0.1, -0.05) is 39.8 Å². The Bertz CT molecular complexity index is 2720. The van der Waals surface area contributed by atoms with Gasteiger partial charge in [0, 0.05) is 81.5 Å². The number of hydrazine groups is 1. The van der Waals surface area contributed by atoms with E-state index in [2.05, 4.69) is 53.2 Å². The third-order valence-corrected chi connectivity index (χ3v) is 14.3. The molecule has 0 aliphatic carbocycles. The van der Waals surface area contributed by atoms with Crippen LogP contribution in [0.4, 0.5) is 0 Å². The third kappa shape index (κ3) is 10.7. The van der Waals surface area contributed by atoms with E-state index in [1.807, 2.05) is 24.4 Å². The van der Waals surface area contributed by atoms with Crippen molar-refractivity contribution in [2.45, 2.75) is 97.6 Å². The Morgan fingerprint density at radius 2 is 1.84 bits per heavy atom. The summed E-state index contributed by atoms with van der Waals surface area (Å²) in [5.41, 5.74) is 9.43. The van der Waals surface area contributed by atoms with Gasteiger partial charge in [-0.3, -0.25) is 34.0 Å². The molecule has 2 saturated heterocycles. The van der Waals surface area contributed by atoms with E-state index >= 15 is 0 Å². The molecule has 2 aromatic carbocycles. The van der Waals surface area contributed by atoms with E-state index in [1.165, 1.54) is 24.0 Å². The Labute approximate surface area is 397 Å². The number of sulfonamides is 1. The van der Waals surface area contributed by atoms with E-state index in [0.717, 1.165) is 54.3 Å². The molecule has 0 radical (unpaired) electrons. The molecule has 5 heterocycles. The lowest BCUT2D eigenvalue weighted by Gasteiger charge is -2.37. The number of nitrogens with one attached hydrogen (secondary N) is 2. The average Bonchev–Trinajstić information content (AvgIpc) is 4.06. The first-order chi connectivity index (χ1) is 32.1. The molecule has 3 aliphatic rings. The first-order valence-electron chi connectivity index (χ1n) is 23.0. The Hall–Kier alpha value is -5.89. The van der Waals surface area contributed by atoms with Crippen LogP contribution >= 0.6 is 0 Å². The van der Waals surface area contributed by atoms with Crippen molar-refractivity contribution < 1.29 is 47.0 Å². The monoisotopic (exact) mass is 956 g/mol. The minimum atomic E-state index is -3.58. The number of phenols is 1. The zero-order valence-electron chi connectivity index (χ0n) is 40.4. The number of pyridine rings is 1. The van der Waals surface area contributed by atoms with Gasteiger partial charge in [-0.05, 0) is 90.3 Å². The van der Waals surface area contributed by atoms with Crippen LogP contribution in [0.15, 0.2) is 54.9 Å². The number of carbonyl (C=O) groups is 5. The molecule has 4 amide bonds. The number of carbonyl (C=O) groups excluding carboxylic acids is 5. The Morgan fingerprint density at radius 3 is 2.51 bits per heavy atom. The van der Waals surface area contributed by atoms with E-state index in [1.54, 1.807) is 39.3 Å². The zero-order valence-corrected chi connectivity index (χ0v) is 41.2. The van der Waals surface area contributed by atoms with E-state index in [9.17, 15) is 37.5 Å². The number of nitrogens with zero attached hydrogens (tertiary/aromatic N) is 6. The summed E-state index contributed by atoms with van der Waals surface area (Å²) in [4.78, 5) is 76.7. The summed E-state index contributed by atoms with van der Waals surface area (Å²) in [5, 5.41) is 16.5. The zero-order chi connectivity index (χ0) is 49.4. The molecule has 68 heavy (non-hydrogen) atoms. The molecule has 18 nitrogen and oxygen atoms in total. The highest BCUT2D eigenvalue weighted by molar-refractivity contribution is 7.88. The molecule has 2 aromatic heterocycles. The fraction of sp³-hybridized carbons (Fsp3) is 0.510. The van der Waals surface area contributed by atoms with E-state index in [4.69, 9.17) is 9.47 Å². The molecular weight excluding hydrogens is 893 g/mol. The number of aromatic nitrogens is 2. The van der Waals surface area contributed by atoms with Crippen molar-refractivity contribution in [1.29, 1.82) is 0 Å². The van der Waals surface area contributed by atoms with Gasteiger partial charge in [0.1, 0.15) is 29.9 Å². The number of phenolic OH excluding ortho intramolecular Hbond substituents is 1. The van der Waals surface area contributed by atoms with Crippen molar-refractivity contribution in [3.63, 3.8) is 0 Å². The fourth-order valence-corrected chi connectivity index (χ4v) is 10.6. The van der Waals surface area contributed by atoms with Crippen LogP contribution < -0.4 is 10.7 Å². The normalized spacial score (nSPS) is 21.2. The largest absolute Gasteiger partial charge is 0.508 e. The number of likely N-dealkylation sites (N-methyl/N-ethyl adjacent to an activating group) is 2. The molecule has 0 saturated carbocycles. The molecule has 4 aromatic rings. The van der Waals surface area contributed by atoms with Crippen molar-refractivity contribution in [3.8, 4) is 28.1 Å². The molecule has 2 fully saturated rings. The number of benzene rings is 2. The van der Waals surface area contributed by atoms with Gasteiger partial charge in [0.25, 0.3) is 5.91 Å². The molecule has 0 spiro atoms. The number of aromatic hydroxyl groups is 1. The molecule has 366 valence electrons. The maximum absolute atomic E-state index is 14.7. The number of methoxy groups -OCH3 is 1. The van der Waals surface area contributed by atoms with Crippen molar-refractivity contribution in [1.82, 2.24) is 39.4 Å². The van der Waals surface area contributed by atoms with Gasteiger partial charge in [-0.2, -0.15) is 4.31 Å². The molecule has 6 bridgehead atoms. The number of amides is 4. The van der Waals surface area contributed by atoms with Gasteiger partial charge in [0.05, 0.1) is 31.7 Å². The number of esters is 1. The fourth-order valence-electron chi connectivity index (χ4n) is 9.61. The predicted molar refractivity (Wildman–Crippen MR) is 255 cm³/mol. The molecule has 3 N–H and O–H groups in total. The first kappa shape index (κ1) is 50.0. The summed E-state index contributed by atoms with van der Waals surface area (Å²) in [6.45, 7) is 10.6. The van der Waals surface area contributed by atoms with Gasteiger partial charge < -0.3 is 34.3 Å². The summed E-state index contributed by atoms with van der Waals surface area (Å²) >= 11 is 0. The second-order valence-electron chi connectivity index (χ2n) is 19.4. The highest BCUT2D eigenvalue weighted by atomic mass is 32.2. The average molecular weight is 957 g/mol. The van der Waals surface area contributed by atoms with Crippen LogP contribution in [-0.4, -0.2) is 150 Å². The Balaban J connectivity index is 1.26. The number of hydrogen-bond acceptors (Lipinski definition) is 12. The molecular formula is C49H64N8O10S. The van der Waals surface area contributed by atoms with E-state index in [0.29, 0.717) is 43.5 Å². The smallest absolute Gasteiger partial charge is 0.324 e. The number of aryl methyl sites for hydroxylation is 1. The van der Waals surface area contributed by atoms with Gasteiger partial charge in [-0.25, -0.2) is 13.8 Å². The standard InChI is InChI=1S/C49H64N8O10S/c1-10-55-40-14-13-31-22-35(40)36(44(55)37-24-50-16-15-32(37)27-66-8)23-49(4,5)28-67-48(63)38-12-11-17-56(52-38)46(61)39(20-30-18-33(31)21-34(58)19-30)51-45(60)43(29(2)3)54(7)42(59)26-53(6)47(62)41-25-57(41)68(9,64)65/h13-16,18-19,21-22,24,29,38-39,41,43,52,58H,10-12,17,20,23,25-28H2,1-9H3,(H,51,60)/t38-,39-,41?,43-,57?/m0/s1. The minimum Gasteiger partial charge on any atom is -0.508 e. The lowest BCUT2D eigenvalue weighted by molar-refractivity contribution is -0.155. The summed E-state index contributed by atoms with van der Waals surface area (Å²) in [7, 11) is 0.914. The van der Waals surface area contributed by atoms with Crippen LogP contribution in [0, 0.1) is 11.3 Å². The van der Waals surface area contributed by atoms with Gasteiger partial charge >= 0.3 is 5.97 Å². The molecule has 5 atom stereocenters. The number of rotatable bonds is 12. The second kappa shape index (κ2) is 20.0. The van der Waals surface area contributed by atoms with E-state index in [-0.39, 0.29) is 31.9 Å². The van der Waals surface area contributed by atoms with Crippen LogP contribution in [-0.2, 0) is 69.5 Å². The number of hydrogen-bond donors (Lipinski definition) is 3. The first-order valence-corrected chi connectivity index (χ1v) is 24.9. The summed E-state index contributed by atoms with van der Waals surface area (Å²) in [5.74, 6) is -3.31. The van der Waals surface area contributed by atoms with Crippen LogP contribution in [0.25, 0.3) is 33.3 Å². The quantitative estimate of drug-likeness (QED) is 0.138. The van der Waals surface area contributed by atoms with E-state index < -0.39 is 81.7 Å². The van der Waals surface area contributed by atoms with Crippen molar-refractivity contribution in [3.05, 3.63) is 71.5 Å². The topological polar surface area (TPSA) is 213 Å². The maximum atomic E-state index is 14.7. The lowest BCUT2D eigenvalue weighted by Crippen LogP contribution is -2.62. The van der Waals surface area contributed by atoms with Crippen molar-refractivity contribution in [2.24, 2.45) is 11.3 Å².